The van der Waals surface area contributed by atoms with Crippen molar-refractivity contribution in [2.45, 2.75) is 17.8 Å². The van der Waals surface area contributed by atoms with Gasteiger partial charge < -0.3 is 27.4 Å². The Hall–Kier alpha value is -12.2. The van der Waals surface area contributed by atoms with Crippen LogP contribution in [0, 0.1) is 37.0 Å². The molecule has 0 saturated heterocycles. The lowest BCUT2D eigenvalue weighted by atomic mass is 9.87. The molecule has 0 amide bonds. The highest BCUT2D eigenvalue weighted by Gasteiger charge is 2.26. The number of halogens is 3. The van der Waals surface area contributed by atoms with Crippen LogP contribution in [0.1, 0.15) is 84.9 Å². The normalized spacial score (nSPS) is 11.9. The van der Waals surface area contributed by atoms with Gasteiger partial charge in [0.2, 0.25) is 0 Å². The van der Waals surface area contributed by atoms with Crippen LogP contribution in [0.4, 0.5) is 0 Å². The molecule has 9 aromatic carbocycles. The molecule has 0 aliphatic carbocycles. The lowest BCUT2D eigenvalue weighted by Gasteiger charge is -2.21. The van der Waals surface area contributed by atoms with E-state index in [2.05, 4.69) is 69.1 Å². The van der Waals surface area contributed by atoms with Crippen LogP contribution < -0.4 is 16.7 Å². The molecule has 6 aromatic heterocycles. The molecule has 1 unspecified atom stereocenters. The van der Waals surface area contributed by atoms with E-state index in [1.807, 2.05) is 217 Å². The second kappa shape index (κ2) is 29.3. The Morgan fingerprint density at radius 3 is 0.814 bits per heavy atom. The maximum atomic E-state index is 12.8. The Bertz CT molecular complexity index is 5450. The highest BCUT2D eigenvalue weighted by molar-refractivity contribution is 6.31. The minimum absolute atomic E-state index is 0.0590. The number of aromatic nitrogens is 9. The van der Waals surface area contributed by atoms with Crippen molar-refractivity contribution in [1.29, 1.82) is 0 Å². The highest BCUT2D eigenvalue weighted by atomic mass is 35.5. The van der Waals surface area contributed by atoms with Gasteiger partial charge in [-0.2, -0.15) is 0 Å². The molecule has 0 spiro atoms. The number of aryl methyl sites for hydroxylation is 6. The van der Waals surface area contributed by atoms with Crippen molar-refractivity contribution in [2.75, 3.05) is 0 Å². The summed E-state index contributed by atoms with van der Waals surface area (Å²) in [6.45, 7) is 0. The van der Waals surface area contributed by atoms with Crippen molar-refractivity contribution < 1.29 is 0 Å². The summed E-state index contributed by atoms with van der Waals surface area (Å²) in [6.07, 6.45) is 28.0. The summed E-state index contributed by atoms with van der Waals surface area (Å²) in [5, 5.41) is 5.02. The van der Waals surface area contributed by atoms with Gasteiger partial charge in [0.15, 0.2) is 0 Å². The van der Waals surface area contributed by atoms with E-state index in [1.54, 1.807) is 72.0 Å². The van der Waals surface area contributed by atoms with E-state index in [1.165, 1.54) is 0 Å². The fraction of sp³-hybridized carbons (Fsp3) is 0.103. The minimum atomic E-state index is -0.0674. The molecule has 0 fully saturated rings. The number of terminal acetylenes is 3. The number of hydrogen-bond donors (Lipinski definition) is 0. The van der Waals surface area contributed by atoms with Crippen molar-refractivity contribution in [2.24, 2.45) is 42.3 Å². The van der Waals surface area contributed by atoms with E-state index in [9.17, 15) is 14.4 Å². The first kappa shape index (κ1) is 68.3. The first-order valence-electron chi connectivity index (χ1n) is 32.7. The highest BCUT2D eigenvalue weighted by Crippen LogP contribution is 2.41. The molecule has 0 radical (unpaired) electrons. The average Bonchev–Trinajstić information content (AvgIpc) is 1.11. The van der Waals surface area contributed by atoms with Crippen molar-refractivity contribution in [3.8, 4) is 70.4 Å². The Kier molecular flexibility index (Phi) is 19.6. The summed E-state index contributed by atoms with van der Waals surface area (Å²) in [6, 6.07) is 70.7. The molecule has 6 heterocycles. The largest absolute Gasteiger partial charge is 0.337 e. The summed E-state index contributed by atoms with van der Waals surface area (Å²) >= 11 is 18.5. The molecule has 15 aromatic rings. The molecule has 0 N–H and O–H groups in total. The number of nitrogens with zero attached hydrogens (tertiary/aromatic N) is 9. The van der Waals surface area contributed by atoms with Crippen LogP contribution in [-0.4, -0.2) is 42.4 Å². The van der Waals surface area contributed by atoms with Crippen LogP contribution >= 0.6 is 34.8 Å². The van der Waals surface area contributed by atoms with E-state index in [4.69, 9.17) is 54.1 Å². The predicted molar refractivity (Wildman–Crippen MR) is 414 cm³/mol. The summed E-state index contributed by atoms with van der Waals surface area (Å²) in [7, 11) is 11.4. The lowest BCUT2D eigenvalue weighted by Crippen LogP contribution is -2.16. The fourth-order valence-corrected chi connectivity index (χ4v) is 13.9. The molecule has 0 bridgehead atoms. The zero-order valence-corrected chi connectivity index (χ0v) is 58.9. The number of rotatable bonds is 12. The van der Waals surface area contributed by atoms with Crippen LogP contribution in [0.2, 0.25) is 15.1 Å². The van der Waals surface area contributed by atoms with E-state index in [0.29, 0.717) is 15.1 Å². The first-order chi connectivity index (χ1) is 49.4. The van der Waals surface area contributed by atoms with Crippen LogP contribution in [0.5, 0.6) is 0 Å². The molecule has 12 nitrogen and oxygen atoms in total. The summed E-state index contributed by atoms with van der Waals surface area (Å²) in [5.41, 5.74) is 19.8. The third-order valence-corrected chi connectivity index (χ3v) is 19.6. The van der Waals surface area contributed by atoms with Crippen molar-refractivity contribution in [3.05, 3.63) is 369 Å². The summed E-state index contributed by atoms with van der Waals surface area (Å²) in [5.74, 6) is 7.89. The molecule has 0 saturated carbocycles. The van der Waals surface area contributed by atoms with Gasteiger partial charge in [-0.15, -0.1) is 19.3 Å². The summed E-state index contributed by atoms with van der Waals surface area (Å²) < 4.78 is 11.1. The van der Waals surface area contributed by atoms with Gasteiger partial charge >= 0.3 is 0 Å². The number of hydrogen-bond acceptors (Lipinski definition) is 6. The van der Waals surface area contributed by atoms with Gasteiger partial charge in [-0.1, -0.05) is 144 Å². The van der Waals surface area contributed by atoms with Crippen LogP contribution in [-0.2, 0) is 42.3 Å². The van der Waals surface area contributed by atoms with E-state index < -0.39 is 0 Å². The van der Waals surface area contributed by atoms with E-state index in [0.717, 1.165) is 133 Å². The first-order valence-corrected chi connectivity index (χ1v) is 33.8. The van der Waals surface area contributed by atoms with Crippen LogP contribution in [0.25, 0.3) is 66.1 Å². The lowest BCUT2D eigenvalue weighted by molar-refractivity contribution is 0.793. The van der Waals surface area contributed by atoms with Crippen LogP contribution in [0.3, 0.4) is 0 Å². The zero-order chi connectivity index (χ0) is 71.5. The monoisotopic (exact) mass is 1390 g/mol. The molecule has 498 valence electrons. The second-order valence-electron chi connectivity index (χ2n) is 25.1. The molecule has 102 heavy (non-hydrogen) atoms. The predicted octanol–water partition coefficient (Wildman–Crippen LogP) is 17.3. The number of fused-ring (bicyclic) bond motifs is 3. The Morgan fingerprint density at radius 2 is 0.578 bits per heavy atom. The van der Waals surface area contributed by atoms with E-state index >= 15 is 0 Å². The molecule has 15 heteroatoms. The van der Waals surface area contributed by atoms with Gasteiger partial charge in [-0.05, 0) is 176 Å². The van der Waals surface area contributed by atoms with Gasteiger partial charge in [0, 0.05) is 144 Å². The van der Waals surface area contributed by atoms with Gasteiger partial charge in [-0.3, -0.25) is 14.4 Å². The van der Waals surface area contributed by atoms with Crippen molar-refractivity contribution in [3.63, 3.8) is 0 Å². The molecular formula is C87H66Cl3N9O3. The second-order valence-corrected chi connectivity index (χ2v) is 26.4. The Labute approximate surface area is 605 Å². The maximum Gasteiger partial charge on any atom is 0.251 e. The van der Waals surface area contributed by atoms with Crippen molar-refractivity contribution >= 4 is 67.5 Å². The molecule has 0 aliphatic heterocycles. The third kappa shape index (κ3) is 13.8. The van der Waals surface area contributed by atoms with Crippen molar-refractivity contribution in [1.82, 2.24) is 42.4 Å². The quantitative estimate of drug-likeness (QED) is 0.112. The minimum Gasteiger partial charge on any atom is -0.337 e. The zero-order valence-electron chi connectivity index (χ0n) is 56.6. The maximum absolute atomic E-state index is 12.8. The molecular weight excluding hydrogens is 1330 g/mol. The number of pyridine rings is 3. The standard InChI is InChI=1S/3C29H22ClN3O/c3*1-4-19-6-5-7-21(14-19)24-16-28(34)33(3)26-13-10-22(15-25(24)26)29(27-17-31-18-32(27)2)20-8-11-23(30)12-9-20/h3*1,5-18,29H,2-3H3/t2*29-;/m10./s1. The smallest absolute Gasteiger partial charge is 0.251 e. The molecule has 15 rings (SSSR count). The van der Waals surface area contributed by atoms with Gasteiger partial charge in [0.1, 0.15) is 0 Å². The average molecular weight is 1390 g/mol. The third-order valence-electron chi connectivity index (χ3n) is 18.9. The van der Waals surface area contributed by atoms with Crippen LogP contribution in [0.15, 0.2) is 270 Å². The molecule has 0 aliphatic rings. The fourth-order valence-electron chi connectivity index (χ4n) is 13.5. The molecule has 3 atom stereocenters. The number of benzene rings is 9. The van der Waals surface area contributed by atoms with Gasteiger partial charge in [0.25, 0.3) is 16.7 Å². The summed E-state index contributed by atoms with van der Waals surface area (Å²) in [4.78, 5) is 51.4. The Balaban J connectivity index is 0.000000137. The van der Waals surface area contributed by atoms with Gasteiger partial charge in [-0.25, -0.2) is 15.0 Å². The number of imidazole rings is 3. The van der Waals surface area contributed by atoms with E-state index in [-0.39, 0.29) is 34.4 Å². The topological polar surface area (TPSA) is 119 Å². The SMILES string of the molecule is C#Cc1cccc(-c2cc(=O)n(C)c3ccc(C(c4ccc(Cl)cc4)c4cncn4C)cc23)c1.C#Cc1cccc(-c2cc(=O)n(C)c3ccc([C@@H](c4ccc(Cl)cc4)c4cncn4C)cc23)c1.C#Cc1cccc(-c2cc(=O)n(C)c3ccc([C@H](c4ccc(Cl)cc4)c4cncn4C)cc23)c1. The van der Waals surface area contributed by atoms with Gasteiger partial charge in [0.05, 0.1) is 53.3 Å². The Morgan fingerprint density at radius 1 is 0.324 bits per heavy atom.